The third-order valence-corrected chi connectivity index (χ3v) is 18.9. The van der Waals surface area contributed by atoms with Crippen molar-refractivity contribution in [2.45, 2.75) is 99.8 Å². The maximum Gasteiger partial charge on any atom is 0.414 e. The van der Waals surface area contributed by atoms with Crippen LogP contribution in [0, 0.1) is 0 Å². The Balaban J connectivity index is 1.04. The summed E-state index contributed by atoms with van der Waals surface area (Å²) in [6.45, 7) is 11.0. The molecular formula is C65H74N9O6+. The number of likely N-dealkylation sites (N-methyl/N-ethyl adjacent to an activating group) is 1. The molecule has 6 aromatic rings. The molecule has 3 saturated carbocycles. The third-order valence-electron chi connectivity index (χ3n) is 18.9. The van der Waals surface area contributed by atoms with Crippen LogP contribution in [0.2, 0.25) is 0 Å². The fourth-order valence-corrected chi connectivity index (χ4v) is 13.0. The first-order valence-corrected chi connectivity index (χ1v) is 28.7. The van der Waals surface area contributed by atoms with Gasteiger partial charge in [-0.1, -0.05) is 69.3 Å². The molecule has 6 atom stereocenters. The second-order valence-corrected chi connectivity index (χ2v) is 23.5. The molecule has 3 aliphatic heterocycles. The van der Waals surface area contributed by atoms with Gasteiger partial charge >= 0.3 is 12.2 Å². The van der Waals surface area contributed by atoms with Crippen molar-refractivity contribution in [3.8, 4) is 0 Å². The molecule has 3 heterocycles. The predicted octanol–water partition coefficient (Wildman–Crippen LogP) is 10.7. The minimum Gasteiger partial charge on any atom is -0.447 e. The van der Waals surface area contributed by atoms with E-state index >= 15 is 9.59 Å². The summed E-state index contributed by atoms with van der Waals surface area (Å²) in [5, 5.41) is 0. The highest BCUT2D eigenvalue weighted by atomic mass is 16.6. The zero-order valence-corrected chi connectivity index (χ0v) is 46.4. The normalized spacial score (nSPS) is 25.8. The quantitative estimate of drug-likeness (QED) is 0.0587. The van der Waals surface area contributed by atoms with Crippen LogP contribution in [0.3, 0.4) is 0 Å². The molecular weight excluding hydrogens is 1000 g/mol. The molecule has 3 saturated heterocycles. The highest BCUT2D eigenvalue weighted by Crippen LogP contribution is 2.54. The van der Waals surface area contributed by atoms with Crippen LogP contribution in [0.5, 0.6) is 0 Å². The maximum absolute atomic E-state index is 16.3. The van der Waals surface area contributed by atoms with Crippen molar-refractivity contribution in [2.75, 3.05) is 79.1 Å². The number of hydrogen-bond acceptors (Lipinski definition) is 10. The van der Waals surface area contributed by atoms with Gasteiger partial charge < -0.3 is 26.7 Å². The van der Waals surface area contributed by atoms with Crippen LogP contribution in [-0.4, -0.2) is 105 Å². The van der Waals surface area contributed by atoms with E-state index in [9.17, 15) is 9.59 Å². The van der Waals surface area contributed by atoms with Crippen molar-refractivity contribution in [1.29, 1.82) is 0 Å². The number of amides is 4. The molecule has 12 rings (SSSR count). The Morgan fingerprint density at radius 2 is 0.925 bits per heavy atom. The number of benzene rings is 6. The first-order valence-electron chi connectivity index (χ1n) is 28.7. The first kappa shape index (κ1) is 53.3. The average molecular weight is 1080 g/mol. The van der Waals surface area contributed by atoms with Crippen molar-refractivity contribution in [1.82, 2.24) is 9.38 Å². The largest absolute Gasteiger partial charge is 0.447 e. The minimum absolute atomic E-state index is 0.150. The van der Waals surface area contributed by atoms with E-state index in [0.29, 0.717) is 62.9 Å². The Bertz CT molecular complexity index is 3180. The molecule has 6 aliphatic rings. The Labute approximate surface area is 469 Å². The fraction of sp³-hybridized carbons (Fsp3) is 0.385. The summed E-state index contributed by atoms with van der Waals surface area (Å²) in [5.74, 6) is -0.146. The van der Waals surface area contributed by atoms with Gasteiger partial charge in [-0.25, -0.2) is 9.59 Å². The monoisotopic (exact) mass is 1080 g/mol. The van der Waals surface area contributed by atoms with Crippen LogP contribution in [0.1, 0.15) is 126 Å². The Hall–Kier alpha value is -7.40. The summed E-state index contributed by atoms with van der Waals surface area (Å²) >= 11 is 0. The average Bonchev–Trinajstić information content (AvgIpc) is 4.49. The number of quaternary nitrogens is 1. The summed E-state index contributed by atoms with van der Waals surface area (Å²) in [7, 11) is 2.17. The van der Waals surface area contributed by atoms with E-state index in [4.69, 9.17) is 26.7 Å². The number of anilines is 4. The topological polar surface area (TPSA) is 181 Å². The lowest BCUT2D eigenvalue weighted by Crippen LogP contribution is -2.56. The molecule has 0 unspecified atom stereocenters. The van der Waals surface area contributed by atoms with Crippen LogP contribution in [0.25, 0.3) is 0 Å². The molecule has 6 fully saturated rings. The molecule has 0 bridgehead atoms. The number of cyclic esters (lactones) is 2. The highest BCUT2D eigenvalue weighted by molar-refractivity contribution is 6.12. The molecule has 0 spiro atoms. The second-order valence-electron chi connectivity index (χ2n) is 23.5. The molecule has 6 aromatic carbocycles. The van der Waals surface area contributed by atoms with Gasteiger partial charge in [-0.3, -0.25) is 38.6 Å². The van der Waals surface area contributed by atoms with Crippen LogP contribution >= 0.6 is 0 Å². The SMILES string of the molecule is CC[C@]1(N)C[C@H]1c1ccc(N(C(=O)c2cccc(N3CCOC3=O)c2)C(c2ccc([N+]3(c4ccc([C@@H]5C[C@@]5(N)CC)cc4)CCN(C)CC3)cc2)N(C(=O)c2cccc(N3CCOC3=O)c2)c2ccc([C@@H]3C[C@@]3(N)CC)cc2)cc1. The fourth-order valence-electron chi connectivity index (χ4n) is 13.0. The summed E-state index contributed by atoms with van der Waals surface area (Å²) < 4.78 is 11.3. The molecule has 15 nitrogen and oxygen atoms in total. The third kappa shape index (κ3) is 9.61. The number of ether oxygens (including phenoxy) is 2. The van der Waals surface area contributed by atoms with E-state index in [1.165, 1.54) is 21.1 Å². The van der Waals surface area contributed by atoms with E-state index in [0.717, 1.165) is 81.5 Å². The van der Waals surface area contributed by atoms with Crippen LogP contribution in [0.4, 0.5) is 43.7 Å². The lowest BCUT2D eigenvalue weighted by atomic mass is 10.00. The van der Waals surface area contributed by atoms with Crippen LogP contribution in [0.15, 0.2) is 146 Å². The van der Waals surface area contributed by atoms with Gasteiger partial charge in [0, 0.05) is 81.3 Å². The summed E-state index contributed by atoms with van der Waals surface area (Å²) in [4.78, 5) is 67.4. The lowest BCUT2D eigenvalue weighted by Gasteiger charge is -2.44. The smallest absolute Gasteiger partial charge is 0.414 e. The molecule has 3 aliphatic carbocycles. The highest BCUT2D eigenvalue weighted by Gasteiger charge is 2.52. The first-order chi connectivity index (χ1) is 38.6. The van der Waals surface area contributed by atoms with E-state index in [2.05, 4.69) is 106 Å². The summed E-state index contributed by atoms with van der Waals surface area (Å²) in [6.07, 6.45) is 3.20. The van der Waals surface area contributed by atoms with Crippen molar-refractivity contribution in [2.24, 2.45) is 17.2 Å². The molecule has 0 radical (unpaired) electrons. The van der Waals surface area contributed by atoms with Gasteiger partial charge in [0.2, 0.25) is 0 Å². The van der Waals surface area contributed by atoms with Gasteiger partial charge in [0.1, 0.15) is 43.8 Å². The van der Waals surface area contributed by atoms with E-state index in [1.54, 1.807) is 58.3 Å². The maximum atomic E-state index is 16.3. The van der Waals surface area contributed by atoms with Crippen molar-refractivity contribution in [3.63, 3.8) is 0 Å². The predicted molar refractivity (Wildman–Crippen MR) is 315 cm³/mol. The van der Waals surface area contributed by atoms with Crippen molar-refractivity contribution >= 4 is 58.1 Å². The number of nitrogens with zero attached hydrogens (tertiary/aromatic N) is 6. The Morgan fingerprint density at radius 3 is 1.27 bits per heavy atom. The summed E-state index contributed by atoms with van der Waals surface area (Å²) in [5.41, 5.74) is 28.7. The van der Waals surface area contributed by atoms with Gasteiger partial charge in [0.25, 0.3) is 11.8 Å². The minimum atomic E-state index is -1.13. The van der Waals surface area contributed by atoms with Crippen molar-refractivity contribution < 1.29 is 28.7 Å². The van der Waals surface area contributed by atoms with E-state index in [-0.39, 0.29) is 41.7 Å². The number of carbonyl (C=O) groups is 4. The van der Waals surface area contributed by atoms with Gasteiger partial charge in [0.05, 0.1) is 13.1 Å². The Kier molecular flexibility index (Phi) is 13.7. The zero-order valence-electron chi connectivity index (χ0n) is 46.4. The summed E-state index contributed by atoms with van der Waals surface area (Å²) in [6, 6.07) is 47.6. The number of carbonyl (C=O) groups excluding carboxylic acids is 4. The van der Waals surface area contributed by atoms with Crippen molar-refractivity contribution in [3.05, 3.63) is 179 Å². The lowest BCUT2D eigenvalue weighted by molar-refractivity contribution is 0.0947. The van der Waals surface area contributed by atoms with Gasteiger partial charge in [-0.05, 0) is 165 Å². The van der Waals surface area contributed by atoms with E-state index < -0.39 is 30.2 Å². The van der Waals surface area contributed by atoms with Crippen LogP contribution < -0.4 is 41.3 Å². The van der Waals surface area contributed by atoms with Gasteiger partial charge in [0.15, 0.2) is 0 Å². The molecule has 414 valence electrons. The number of piperazine rings is 1. The number of nitrogens with two attached hydrogens (primary N) is 3. The second kappa shape index (κ2) is 20.6. The molecule has 0 aromatic heterocycles. The van der Waals surface area contributed by atoms with E-state index in [1.807, 2.05) is 24.3 Å². The Morgan fingerprint density at radius 1 is 0.550 bits per heavy atom. The van der Waals surface area contributed by atoms with Gasteiger partial charge in [-0.2, -0.15) is 0 Å². The molecule has 6 N–H and O–H groups in total. The van der Waals surface area contributed by atoms with Gasteiger partial charge in [-0.15, -0.1) is 0 Å². The standard InChI is InChI=1S/C65H74N9O6/c1-5-63(66)40-55(63)43-14-22-49(23-15-43)72(59(75)47-10-8-12-51(38-47)70-32-36-79-61(70)77)58(46-20-28-54(29-21-46)74(34-30-69(4)31-35-74)53-26-18-45(19-27-53)57-42-65(57,68)7-3)73(50-24-16-44(17-25-50)56-41-64(56,67)6-2)60(76)48-11-9-13-52(39-48)71-33-37-80-62(71)78/h8-29,38-39,55-58H,5-7,30-37,40-42,66-68H2,1-4H3/q+1/t55-,56-,57-,63-,64-,65-/m0/s1. The van der Waals surface area contributed by atoms with Crippen LogP contribution in [-0.2, 0) is 9.47 Å². The molecule has 80 heavy (non-hydrogen) atoms. The zero-order chi connectivity index (χ0) is 55.7. The molecule has 4 amide bonds. The number of hydrogen-bond donors (Lipinski definition) is 3. The molecule has 15 heteroatoms. The number of rotatable bonds is 17.